The third kappa shape index (κ3) is 1.58. The maximum atomic E-state index is 12.0. The molecule has 0 N–H and O–H groups in total. The first-order valence-electron chi connectivity index (χ1n) is 5.79. The Morgan fingerprint density at radius 2 is 2.12 bits per heavy atom. The minimum Gasteiger partial charge on any atom is -0.335 e. The number of carbonyl (C=O) groups excluding carboxylic acids is 1. The van der Waals surface area contributed by atoms with Gasteiger partial charge in [0, 0.05) is 23.0 Å². The predicted octanol–water partition coefficient (Wildman–Crippen LogP) is 2.96. The minimum absolute atomic E-state index is 0.326. The molecule has 2 fully saturated rings. The topological polar surface area (TPSA) is 20.3 Å². The van der Waals surface area contributed by atoms with Gasteiger partial charge in [-0.05, 0) is 30.9 Å². The number of piperidine rings is 1. The Balaban J connectivity index is 1.81. The molecule has 1 aromatic carbocycles. The van der Waals surface area contributed by atoms with Gasteiger partial charge in [0.2, 0.25) is 5.91 Å². The first-order chi connectivity index (χ1) is 7.75. The fourth-order valence-corrected chi connectivity index (χ4v) is 3.31. The molecule has 2 aliphatic rings. The van der Waals surface area contributed by atoms with Crippen LogP contribution in [-0.2, 0) is 11.3 Å². The molecule has 2 bridgehead atoms. The average molecular weight is 280 g/mol. The number of rotatable bonds is 2. The summed E-state index contributed by atoms with van der Waals surface area (Å²) in [5, 5.41) is 0. The molecule has 0 radical (unpaired) electrons. The molecule has 2 atom stereocenters. The molecule has 0 spiro atoms. The second-order valence-corrected chi connectivity index (χ2v) is 5.58. The quantitative estimate of drug-likeness (QED) is 0.815. The second kappa shape index (κ2) is 3.88. The highest BCUT2D eigenvalue weighted by atomic mass is 79.9. The van der Waals surface area contributed by atoms with Crippen LogP contribution in [0.5, 0.6) is 0 Å². The van der Waals surface area contributed by atoms with E-state index in [1.165, 1.54) is 12.0 Å². The number of halogens is 1. The fourth-order valence-electron chi connectivity index (χ4n) is 2.90. The maximum Gasteiger partial charge on any atom is 0.226 e. The molecule has 84 valence electrons. The van der Waals surface area contributed by atoms with Gasteiger partial charge < -0.3 is 4.90 Å². The molecule has 2 unspecified atom stereocenters. The van der Waals surface area contributed by atoms with Crippen molar-refractivity contribution in [1.82, 2.24) is 4.90 Å². The van der Waals surface area contributed by atoms with E-state index in [-0.39, 0.29) is 0 Å². The third-order valence-corrected chi connectivity index (χ3v) is 4.55. The van der Waals surface area contributed by atoms with Gasteiger partial charge in [-0.2, -0.15) is 0 Å². The Hall–Kier alpha value is -0.830. The summed E-state index contributed by atoms with van der Waals surface area (Å²) in [6, 6.07) is 8.66. The molecule has 0 aromatic heterocycles. The van der Waals surface area contributed by atoms with E-state index in [0.717, 1.165) is 23.9 Å². The molecular formula is C13H14BrNO. The highest BCUT2D eigenvalue weighted by molar-refractivity contribution is 9.10. The predicted molar refractivity (Wildman–Crippen MR) is 65.8 cm³/mol. The van der Waals surface area contributed by atoms with E-state index < -0.39 is 0 Å². The number of hydrogen-bond acceptors (Lipinski definition) is 1. The van der Waals surface area contributed by atoms with Gasteiger partial charge in [-0.1, -0.05) is 34.1 Å². The molecule has 3 heteroatoms. The van der Waals surface area contributed by atoms with Gasteiger partial charge in [0.15, 0.2) is 0 Å². The van der Waals surface area contributed by atoms with Gasteiger partial charge in [0.1, 0.15) is 0 Å². The molecule has 2 nitrogen and oxygen atoms in total. The smallest absolute Gasteiger partial charge is 0.226 e. The van der Waals surface area contributed by atoms with Gasteiger partial charge in [0.05, 0.1) is 0 Å². The van der Waals surface area contributed by atoms with E-state index >= 15 is 0 Å². The number of benzene rings is 1. The minimum atomic E-state index is 0.326. The van der Waals surface area contributed by atoms with Gasteiger partial charge in [-0.3, -0.25) is 4.79 Å². The van der Waals surface area contributed by atoms with Crippen LogP contribution in [0.15, 0.2) is 28.7 Å². The van der Waals surface area contributed by atoms with Crippen molar-refractivity contribution >= 4 is 21.8 Å². The lowest BCUT2D eigenvalue weighted by atomic mass is 10.1. The molecule has 1 heterocycles. The zero-order chi connectivity index (χ0) is 11.1. The van der Waals surface area contributed by atoms with Gasteiger partial charge in [-0.15, -0.1) is 0 Å². The van der Waals surface area contributed by atoms with Crippen LogP contribution in [0.25, 0.3) is 0 Å². The summed E-state index contributed by atoms with van der Waals surface area (Å²) in [4.78, 5) is 14.1. The van der Waals surface area contributed by atoms with Crippen molar-refractivity contribution in [1.29, 1.82) is 0 Å². The van der Waals surface area contributed by atoms with Crippen LogP contribution < -0.4 is 0 Å². The summed E-state index contributed by atoms with van der Waals surface area (Å²) in [6.07, 6.45) is 3.39. The van der Waals surface area contributed by atoms with Crippen molar-refractivity contribution < 1.29 is 4.79 Å². The first-order valence-corrected chi connectivity index (χ1v) is 6.59. The Labute approximate surface area is 104 Å². The van der Waals surface area contributed by atoms with E-state index in [1.54, 1.807) is 0 Å². The normalized spacial score (nSPS) is 27.8. The first kappa shape index (κ1) is 10.3. The van der Waals surface area contributed by atoms with Gasteiger partial charge >= 0.3 is 0 Å². The summed E-state index contributed by atoms with van der Waals surface area (Å²) in [5.41, 5.74) is 1.21. The summed E-state index contributed by atoms with van der Waals surface area (Å²) < 4.78 is 1.10. The lowest BCUT2D eigenvalue weighted by Crippen LogP contribution is -2.36. The Morgan fingerprint density at radius 1 is 1.31 bits per heavy atom. The van der Waals surface area contributed by atoms with Crippen LogP contribution >= 0.6 is 15.9 Å². The third-order valence-electron chi connectivity index (χ3n) is 3.78. The van der Waals surface area contributed by atoms with E-state index in [4.69, 9.17) is 0 Å². The fraction of sp³-hybridized carbons (Fsp3) is 0.462. The molecule has 1 aliphatic carbocycles. The number of nitrogens with zero attached hydrogens (tertiary/aromatic N) is 1. The number of carbonyl (C=O) groups is 1. The molecule has 1 saturated carbocycles. The summed E-state index contributed by atoms with van der Waals surface area (Å²) in [6.45, 7) is 0.765. The Bertz CT molecular complexity index is 432. The maximum absolute atomic E-state index is 12.0. The highest BCUT2D eigenvalue weighted by Gasteiger charge is 2.44. The molecule has 1 saturated heterocycles. The standard InChI is InChI=1S/C13H14BrNO/c14-12-4-2-1-3-10(12)8-15-11-6-5-9(7-11)13(15)16/h1-4,9,11H,5-8H2. The van der Waals surface area contributed by atoms with Crippen LogP contribution in [0, 0.1) is 5.92 Å². The molecular weight excluding hydrogens is 266 g/mol. The number of likely N-dealkylation sites (tertiary alicyclic amines) is 1. The van der Waals surface area contributed by atoms with Crippen LogP contribution in [0.2, 0.25) is 0 Å². The lowest BCUT2D eigenvalue weighted by molar-refractivity contribution is -0.134. The van der Waals surface area contributed by atoms with Crippen molar-refractivity contribution in [3.63, 3.8) is 0 Å². The zero-order valence-electron chi connectivity index (χ0n) is 9.03. The van der Waals surface area contributed by atoms with E-state index in [2.05, 4.69) is 26.9 Å². The van der Waals surface area contributed by atoms with Crippen LogP contribution in [-0.4, -0.2) is 16.8 Å². The van der Waals surface area contributed by atoms with Gasteiger partial charge in [0.25, 0.3) is 0 Å². The molecule has 1 aromatic rings. The summed E-state index contributed by atoms with van der Waals surface area (Å²) >= 11 is 3.54. The highest BCUT2D eigenvalue weighted by Crippen LogP contribution is 2.39. The largest absolute Gasteiger partial charge is 0.335 e. The molecule has 1 amide bonds. The van der Waals surface area contributed by atoms with Crippen LogP contribution in [0.1, 0.15) is 24.8 Å². The van der Waals surface area contributed by atoms with E-state index in [9.17, 15) is 4.79 Å². The van der Waals surface area contributed by atoms with E-state index in [0.29, 0.717) is 17.9 Å². The van der Waals surface area contributed by atoms with E-state index in [1.807, 2.05) is 18.2 Å². The number of fused-ring (bicyclic) bond motifs is 2. The van der Waals surface area contributed by atoms with Crippen molar-refractivity contribution in [3.8, 4) is 0 Å². The SMILES string of the molecule is O=C1C2CCC(C2)N1Cc1ccccc1Br. The molecule has 16 heavy (non-hydrogen) atoms. The van der Waals surface area contributed by atoms with Crippen molar-refractivity contribution in [2.45, 2.75) is 31.8 Å². The summed E-state index contributed by atoms with van der Waals surface area (Å²) in [7, 11) is 0. The van der Waals surface area contributed by atoms with Crippen molar-refractivity contribution in [3.05, 3.63) is 34.3 Å². The van der Waals surface area contributed by atoms with Crippen LogP contribution in [0.4, 0.5) is 0 Å². The average Bonchev–Trinajstić information content (AvgIpc) is 2.85. The molecule has 1 aliphatic heterocycles. The lowest BCUT2D eigenvalue weighted by Gasteiger charge is -2.27. The van der Waals surface area contributed by atoms with Crippen molar-refractivity contribution in [2.24, 2.45) is 5.92 Å². The molecule has 3 rings (SSSR count). The van der Waals surface area contributed by atoms with Crippen LogP contribution in [0.3, 0.4) is 0 Å². The number of hydrogen-bond donors (Lipinski definition) is 0. The second-order valence-electron chi connectivity index (χ2n) is 4.72. The van der Waals surface area contributed by atoms with Crippen molar-refractivity contribution in [2.75, 3.05) is 0 Å². The Morgan fingerprint density at radius 3 is 2.81 bits per heavy atom. The monoisotopic (exact) mass is 279 g/mol. The number of amides is 1. The summed E-state index contributed by atoms with van der Waals surface area (Å²) in [5.74, 6) is 0.694. The Kier molecular flexibility index (Phi) is 2.51. The zero-order valence-corrected chi connectivity index (χ0v) is 10.6. The van der Waals surface area contributed by atoms with Gasteiger partial charge in [-0.25, -0.2) is 0 Å².